The Hall–Kier alpha value is -2.21. The van der Waals surface area contributed by atoms with Gasteiger partial charge in [0.05, 0.1) is 12.0 Å². The fraction of sp³-hybridized carbons (Fsp3) is 0.154. The van der Waals surface area contributed by atoms with Crippen LogP contribution in [0.25, 0.3) is 15.9 Å². The molecule has 0 saturated carbocycles. The summed E-state index contributed by atoms with van der Waals surface area (Å²) in [6.07, 6.45) is 1.66. The summed E-state index contributed by atoms with van der Waals surface area (Å²) in [7, 11) is 0. The number of hydrogen-bond donors (Lipinski definition) is 0. The molecule has 3 rings (SSSR count). The number of carbonyl (C=O) groups excluding carboxylic acids is 1. The van der Waals surface area contributed by atoms with Gasteiger partial charge in [0.15, 0.2) is 0 Å². The summed E-state index contributed by atoms with van der Waals surface area (Å²) in [4.78, 5) is 29.3. The van der Waals surface area contributed by atoms with Crippen LogP contribution in [0, 0.1) is 0 Å². The van der Waals surface area contributed by atoms with Crippen LogP contribution < -0.4 is 5.56 Å². The molecule has 0 aliphatic heterocycles. The average molecular weight is 274 g/mol. The molecule has 0 saturated heterocycles. The molecule has 0 aliphatic carbocycles. The summed E-state index contributed by atoms with van der Waals surface area (Å²) in [5, 5.41) is 0.441. The number of rotatable bonds is 2. The fourth-order valence-corrected chi connectivity index (χ4v) is 2.77. The molecule has 0 aliphatic rings. The van der Waals surface area contributed by atoms with E-state index in [1.165, 1.54) is 15.7 Å². The third-order valence-corrected chi connectivity index (χ3v) is 3.70. The van der Waals surface area contributed by atoms with Crippen LogP contribution in [0.2, 0.25) is 0 Å². The summed E-state index contributed by atoms with van der Waals surface area (Å²) in [6, 6.07) is 6.88. The molecule has 0 atom stereocenters. The zero-order valence-corrected chi connectivity index (χ0v) is 10.9. The molecule has 3 aromatic heterocycles. The molecule has 96 valence electrons. The number of carbonyl (C=O) groups is 1. The Bertz CT molecular complexity index is 835. The molecule has 3 heterocycles. The Kier molecular flexibility index (Phi) is 2.79. The number of thiophene rings is 1. The van der Waals surface area contributed by atoms with Crippen LogP contribution >= 0.6 is 11.3 Å². The molecule has 0 N–H and O–H groups in total. The minimum Gasteiger partial charge on any atom is -0.462 e. The lowest BCUT2D eigenvalue weighted by Crippen LogP contribution is -2.13. The van der Waals surface area contributed by atoms with Crippen molar-refractivity contribution in [3.63, 3.8) is 0 Å². The standard InChI is InChI=1S/C13H10N2O3S/c1-2-18-13(17)9-7-8-11(19-9)14-10-5-3-4-6-15(10)12(8)16/h3-7H,2H2,1H3. The van der Waals surface area contributed by atoms with E-state index in [1.54, 1.807) is 31.3 Å². The summed E-state index contributed by atoms with van der Waals surface area (Å²) in [6.45, 7) is 2.05. The van der Waals surface area contributed by atoms with Gasteiger partial charge in [0.1, 0.15) is 15.4 Å². The summed E-state index contributed by atoms with van der Waals surface area (Å²) >= 11 is 1.18. The zero-order valence-electron chi connectivity index (χ0n) is 10.1. The highest BCUT2D eigenvalue weighted by Crippen LogP contribution is 2.22. The minimum absolute atomic E-state index is 0.174. The maximum atomic E-state index is 12.3. The summed E-state index contributed by atoms with van der Waals surface area (Å²) in [5.74, 6) is -0.418. The van der Waals surface area contributed by atoms with Gasteiger partial charge in [-0.3, -0.25) is 9.20 Å². The van der Waals surface area contributed by atoms with E-state index in [0.29, 0.717) is 27.3 Å². The Labute approximate surface area is 112 Å². The van der Waals surface area contributed by atoms with Crippen LogP contribution in [0.1, 0.15) is 16.6 Å². The van der Waals surface area contributed by atoms with E-state index in [4.69, 9.17) is 4.74 Å². The van der Waals surface area contributed by atoms with Crippen molar-refractivity contribution in [2.45, 2.75) is 6.92 Å². The minimum atomic E-state index is -0.418. The first kappa shape index (κ1) is 11.9. The van der Waals surface area contributed by atoms with Gasteiger partial charge in [-0.25, -0.2) is 9.78 Å². The number of esters is 1. The van der Waals surface area contributed by atoms with E-state index in [2.05, 4.69) is 4.98 Å². The molecular weight excluding hydrogens is 264 g/mol. The van der Waals surface area contributed by atoms with E-state index in [-0.39, 0.29) is 5.56 Å². The number of hydrogen-bond acceptors (Lipinski definition) is 5. The van der Waals surface area contributed by atoms with Crippen molar-refractivity contribution < 1.29 is 9.53 Å². The third kappa shape index (κ3) is 1.90. The number of fused-ring (bicyclic) bond motifs is 2. The molecule has 6 heteroatoms. The van der Waals surface area contributed by atoms with Crippen molar-refractivity contribution in [3.8, 4) is 0 Å². The Morgan fingerprint density at radius 1 is 1.47 bits per heavy atom. The van der Waals surface area contributed by atoms with E-state index >= 15 is 0 Å². The maximum absolute atomic E-state index is 12.3. The van der Waals surface area contributed by atoms with Crippen molar-refractivity contribution in [1.82, 2.24) is 9.38 Å². The molecule has 0 spiro atoms. The lowest BCUT2D eigenvalue weighted by molar-refractivity contribution is 0.0532. The number of nitrogens with zero attached hydrogens (tertiary/aromatic N) is 2. The lowest BCUT2D eigenvalue weighted by Gasteiger charge is -1.97. The van der Waals surface area contributed by atoms with Crippen LogP contribution in [0.5, 0.6) is 0 Å². The highest BCUT2D eigenvalue weighted by molar-refractivity contribution is 7.20. The van der Waals surface area contributed by atoms with Gasteiger partial charge in [-0.2, -0.15) is 0 Å². The van der Waals surface area contributed by atoms with Gasteiger partial charge >= 0.3 is 5.97 Å². The third-order valence-electron chi connectivity index (χ3n) is 2.69. The van der Waals surface area contributed by atoms with Gasteiger partial charge in [-0.15, -0.1) is 11.3 Å². The van der Waals surface area contributed by atoms with Gasteiger partial charge in [0, 0.05) is 6.20 Å². The average Bonchev–Trinajstić information content (AvgIpc) is 2.84. The van der Waals surface area contributed by atoms with E-state index in [0.717, 1.165) is 0 Å². The van der Waals surface area contributed by atoms with E-state index in [1.807, 2.05) is 6.07 Å². The highest BCUT2D eigenvalue weighted by Gasteiger charge is 2.15. The SMILES string of the molecule is CCOC(=O)c1cc2c(=O)n3ccccc3nc2s1. The normalized spacial score (nSPS) is 11.0. The van der Waals surface area contributed by atoms with Crippen LogP contribution in [0.15, 0.2) is 35.3 Å². The number of pyridine rings is 1. The highest BCUT2D eigenvalue weighted by atomic mass is 32.1. The predicted molar refractivity (Wildman–Crippen MR) is 72.8 cm³/mol. The second kappa shape index (κ2) is 4.47. The fourth-order valence-electron chi connectivity index (χ4n) is 1.85. The van der Waals surface area contributed by atoms with E-state index in [9.17, 15) is 9.59 Å². The Morgan fingerprint density at radius 2 is 2.32 bits per heavy atom. The van der Waals surface area contributed by atoms with Gasteiger partial charge in [-0.05, 0) is 25.1 Å². The largest absolute Gasteiger partial charge is 0.462 e. The number of ether oxygens (including phenoxy) is 1. The smallest absolute Gasteiger partial charge is 0.348 e. The van der Waals surface area contributed by atoms with Gasteiger partial charge < -0.3 is 4.74 Å². The molecule has 0 fully saturated rings. The van der Waals surface area contributed by atoms with Gasteiger partial charge in [0.2, 0.25) is 0 Å². The van der Waals surface area contributed by atoms with Gasteiger partial charge in [-0.1, -0.05) is 6.07 Å². The topological polar surface area (TPSA) is 60.7 Å². The Morgan fingerprint density at radius 3 is 3.11 bits per heavy atom. The van der Waals surface area contributed by atoms with E-state index < -0.39 is 5.97 Å². The Balaban J connectivity index is 2.28. The zero-order chi connectivity index (χ0) is 13.4. The van der Waals surface area contributed by atoms with Crippen LogP contribution in [-0.2, 0) is 4.74 Å². The van der Waals surface area contributed by atoms with Crippen LogP contribution in [-0.4, -0.2) is 22.0 Å². The maximum Gasteiger partial charge on any atom is 0.348 e. The molecule has 0 bridgehead atoms. The number of aromatic nitrogens is 2. The molecular formula is C13H10N2O3S. The second-order valence-corrected chi connectivity index (χ2v) is 4.93. The lowest BCUT2D eigenvalue weighted by atomic mass is 10.3. The summed E-state index contributed by atoms with van der Waals surface area (Å²) in [5.41, 5.74) is 0.393. The quantitative estimate of drug-likeness (QED) is 0.671. The van der Waals surface area contributed by atoms with Gasteiger partial charge in [0.25, 0.3) is 5.56 Å². The van der Waals surface area contributed by atoms with Crippen LogP contribution in [0.3, 0.4) is 0 Å². The first-order chi connectivity index (χ1) is 9.20. The molecule has 0 amide bonds. The molecule has 3 aromatic rings. The summed E-state index contributed by atoms with van der Waals surface area (Å²) < 4.78 is 6.39. The van der Waals surface area contributed by atoms with Crippen LogP contribution in [0.4, 0.5) is 0 Å². The molecule has 5 nitrogen and oxygen atoms in total. The second-order valence-electron chi connectivity index (χ2n) is 3.90. The predicted octanol–water partition coefficient (Wildman–Crippen LogP) is 2.09. The monoisotopic (exact) mass is 274 g/mol. The van der Waals surface area contributed by atoms with Crippen molar-refractivity contribution in [2.24, 2.45) is 0 Å². The molecule has 0 unspecified atom stereocenters. The first-order valence-electron chi connectivity index (χ1n) is 5.79. The van der Waals surface area contributed by atoms with Crippen molar-refractivity contribution in [2.75, 3.05) is 6.61 Å². The molecule has 0 radical (unpaired) electrons. The molecule has 0 aromatic carbocycles. The molecule has 19 heavy (non-hydrogen) atoms. The first-order valence-corrected chi connectivity index (χ1v) is 6.60. The van der Waals surface area contributed by atoms with Crippen molar-refractivity contribution >= 4 is 33.2 Å². The van der Waals surface area contributed by atoms with Crippen molar-refractivity contribution in [3.05, 3.63) is 45.7 Å². The van der Waals surface area contributed by atoms with Crippen molar-refractivity contribution in [1.29, 1.82) is 0 Å².